The summed E-state index contributed by atoms with van der Waals surface area (Å²) >= 11 is 0. The maximum Gasteiger partial charge on any atom is 0.303 e. The van der Waals surface area contributed by atoms with Gasteiger partial charge in [0.1, 0.15) is 5.82 Å². The molecule has 6 nitrogen and oxygen atoms in total. The summed E-state index contributed by atoms with van der Waals surface area (Å²) in [5.74, 6) is -2.37. The second-order valence-electron chi connectivity index (χ2n) is 9.55. The Morgan fingerprint density at radius 2 is 1.68 bits per heavy atom. The van der Waals surface area contributed by atoms with E-state index in [0.29, 0.717) is 29.1 Å². The Hall–Kier alpha value is -4.26. The molecule has 1 aliphatic heterocycles. The lowest BCUT2D eigenvalue weighted by Crippen LogP contribution is -2.39. The largest absolute Gasteiger partial charge is 0.481 e. The van der Waals surface area contributed by atoms with Gasteiger partial charge in [-0.25, -0.2) is 4.39 Å². The van der Waals surface area contributed by atoms with Crippen LogP contribution in [0, 0.1) is 12.7 Å². The first-order valence-electron chi connectivity index (χ1n) is 12.3. The molecule has 0 saturated heterocycles. The Labute approximate surface area is 214 Å². The maximum atomic E-state index is 15.3. The topological polar surface area (TPSA) is 86.7 Å². The van der Waals surface area contributed by atoms with E-state index in [9.17, 15) is 19.5 Å². The molecule has 0 radical (unpaired) electrons. The van der Waals surface area contributed by atoms with Crippen LogP contribution in [0.25, 0.3) is 0 Å². The molecule has 0 unspecified atom stereocenters. The minimum absolute atomic E-state index is 0.0676. The third-order valence-electron chi connectivity index (χ3n) is 7.06. The predicted molar refractivity (Wildman–Crippen MR) is 139 cm³/mol. The highest BCUT2D eigenvalue weighted by atomic mass is 19.1. The number of carbonyl (C=O) groups excluding carboxylic acids is 2. The summed E-state index contributed by atoms with van der Waals surface area (Å²) in [5, 5.41) is 12.6. The zero-order chi connectivity index (χ0) is 26.1. The van der Waals surface area contributed by atoms with Gasteiger partial charge in [0.2, 0.25) is 5.91 Å². The van der Waals surface area contributed by atoms with E-state index < -0.39 is 23.7 Å². The summed E-state index contributed by atoms with van der Waals surface area (Å²) in [5.41, 5.74) is 4.43. The van der Waals surface area contributed by atoms with E-state index in [-0.39, 0.29) is 36.5 Å². The number of nitrogens with zero attached hydrogens (tertiary/aromatic N) is 1. The van der Waals surface area contributed by atoms with Crippen molar-refractivity contribution in [2.24, 2.45) is 0 Å². The van der Waals surface area contributed by atoms with Crippen LogP contribution < -0.4 is 10.2 Å². The quantitative estimate of drug-likeness (QED) is 0.457. The van der Waals surface area contributed by atoms with E-state index in [1.807, 2.05) is 37.3 Å². The molecule has 0 bridgehead atoms. The lowest BCUT2D eigenvalue weighted by molar-refractivity contribution is -0.138. The molecule has 2 atom stereocenters. The number of benzene rings is 3. The number of aryl methyl sites for hydroxylation is 1. The van der Waals surface area contributed by atoms with E-state index in [1.54, 1.807) is 36.4 Å². The zero-order valence-corrected chi connectivity index (χ0v) is 20.4. The predicted octanol–water partition coefficient (Wildman–Crippen LogP) is 5.90. The van der Waals surface area contributed by atoms with E-state index in [4.69, 9.17) is 0 Å². The Morgan fingerprint density at radius 3 is 2.41 bits per heavy atom. The number of aliphatic carboxylic acids is 1. The number of fused-ring (bicyclic) bond motifs is 1. The number of halogens is 1. The minimum Gasteiger partial charge on any atom is -0.481 e. The summed E-state index contributed by atoms with van der Waals surface area (Å²) in [6.07, 6.45) is 0.0876. The average molecular weight is 499 g/mol. The van der Waals surface area contributed by atoms with Crippen molar-refractivity contribution >= 4 is 29.0 Å². The van der Waals surface area contributed by atoms with Gasteiger partial charge in [0, 0.05) is 29.7 Å². The van der Waals surface area contributed by atoms with Crippen LogP contribution in [0.3, 0.4) is 0 Å². The van der Waals surface area contributed by atoms with Crippen LogP contribution in [0.15, 0.2) is 84.1 Å². The van der Waals surface area contributed by atoms with Gasteiger partial charge < -0.3 is 10.4 Å². The van der Waals surface area contributed by atoms with Gasteiger partial charge in [-0.3, -0.25) is 19.3 Å². The Bertz CT molecular complexity index is 1410. The van der Waals surface area contributed by atoms with Gasteiger partial charge in [0.15, 0.2) is 5.78 Å². The third kappa shape index (κ3) is 4.77. The maximum absolute atomic E-state index is 15.3. The Morgan fingerprint density at radius 1 is 0.973 bits per heavy atom. The van der Waals surface area contributed by atoms with Gasteiger partial charge in [0.05, 0.1) is 23.8 Å². The second kappa shape index (κ2) is 10.0. The number of hydrogen-bond acceptors (Lipinski definition) is 4. The van der Waals surface area contributed by atoms with Crippen LogP contribution in [0.4, 0.5) is 15.8 Å². The molecule has 3 aromatic carbocycles. The van der Waals surface area contributed by atoms with Crippen LogP contribution in [0.5, 0.6) is 0 Å². The first-order chi connectivity index (χ1) is 17.8. The number of rotatable bonds is 5. The number of carboxylic acids is 1. The van der Waals surface area contributed by atoms with Crippen LogP contribution in [0.1, 0.15) is 54.3 Å². The number of carbonyl (C=O) groups is 3. The van der Waals surface area contributed by atoms with Gasteiger partial charge in [-0.1, -0.05) is 60.2 Å². The minimum atomic E-state index is -1.10. The van der Waals surface area contributed by atoms with E-state index in [2.05, 4.69) is 5.32 Å². The van der Waals surface area contributed by atoms with Gasteiger partial charge in [-0.15, -0.1) is 0 Å². The highest BCUT2D eigenvalue weighted by Crippen LogP contribution is 2.48. The van der Waals surface area contributed by atoms with Crippen LogP contribution in [0.2, 0.25) is 0 Å². The van der Waals surface area contributed by atoms with Crippen molar-refractivity contribution in [2.45, 2.75) is 44.6 Å². The summed E-state index contributed by atoms with van der Waals surface area (Å²) in [7, 11) is 0. The molecule has 3 aromatic rings. The highest BCUT2D eigenvalue weighted by Gasteiger charge is 2.42. The molecular formula is C30H27FN2O4. The van der Waals surface area contributed by atoms with Crippen LogP contribution >= 0.6 is 0 Å². The lowest BCUT2D eigenvalue weighted by Gasteiger charge is -2.35. The molecule has 37 heavy (non-hydrogen) atoms. The Balaban J connectivity index is 1.69. The van der Waals surface area contributed by atoms with Crippen molar-refractivity contribution in [1.82, 2.24) is 0 Å². The number of amides is 1. The number of anilines is 2. The van der Waals surface area contributed by atoms with Gasteiger partial charge >= 0.3 is 5.97 Å². The molecule has 1 amide bonds. The van der Waals surface area contributed by atoms with E-state index in [0.717, 1.165) is 11.1 Å². The van der Waals surface area contributed by atoms with Crippen molar-refractivity contribution in [3.63, 3.8) is 0 Å². The first-order valence-corrected chi connectivity index (χ1v) is 12.3. The van der Waals surface area contributed by atoms with Crippen molar-refractivity contribution in [3.8, 4) is 0 Å². The second-order valence-corrected chi connectivity index (χ2v) is 9.55. The number of para-hydroxylation sites is 2. The van der Waals surface area contributed by atoms with Crippen LogP contribution in [-0.2, 0) is 14.4 Å². The SMILES string of the molecule is Cc1ccc([C@@H]2CC(=O)C3=C(C2)Nc2ccccc2N(C(=O)CCC(=O)O)[C@H]3c2ccccc2F)cc1. The molecule has 188 valence electrons. The molecule has 1 aliphatic carbocycles. The molecule has 0 aromatic heterocycles. The zero-order valence-electron chi connectivity index (χ0n) is 20.4. The fourth-order valence-electron chi connectivity index (χ4n) is 5.27. The van der Waals surface area contributed by atoms with E-state index in [1.165, 1.54) is 11.0 Å². The van der Waals surface area contributed by atoms with Gasteiger partial charge in [0.25, 0.3) is 0 Å². The summed E-state index contributed by atoms with van der Waals surface area (Å²) in [6, 6.07) is 20.3. The number of allylic oxidation sites excluding steroid dienone is 1. The average Bonchev–Trinajstić information content (AvgIpc) is 3.02. The molecule has 7 heteroatoms. The van der Waals surface area contributed by atoms with Gasteiger partial charge in [-0.2, -0.15) is 0 Å². The number of nitrogens with one attached hydrogen (secondary N) is 1. The Kier molecular flexibility index (Phi) is 6.61. The highest BCUT2D eigenvalue weighted by molar-refractivity contribution is 6.06. The molecule has 5 rings (SSSR count). The number of Topliss-reactive ketones (excluding diaryl/α,β-unsaturated/α-hetero) is 1. The smallest absolute Gasteiger partial charge is 0.303 e. The number of hydrogen-bond donors (Lipinski definition) is 2. The molecule has 1 heterocycles. The summed E-state index contributed by atoms with van der Waals surface area (Å²) in [4.78, 5) is 40.1. The van der Waals surface area contributed by atoms with Crippen molar-refractivity contribution in [2.75, 3.05) is 10.2 Å². The third-order valence-corrected chi connectivity index (χ3v) is 7.06. The molecule has 0 fully saturated rings. The van der Waals surface area contributed by atoms with Crippen molar-refractivity contribution in [3.05, 3.63) is 107 Å². The van der Waals surface area contributed by atoms with Crippen molar-refractivity contribution < 1.29 is 23.9 Å². The van der Waals surface area contributed by atoms with Gasteiger partial charge in [-0.05, 0) is 43.0 Å². The van der Waals surface area contributed by atoms with Crippen molar-refractivity contribution in [1.29, 1.82) is 0 Å². The fraction of sp³-hybridized carbons (Fsp3) is 0.233. The fourth-order valence-corrected chi connectivity index (χ4v) is 5.27. The summed E-state index contributed by atoms with van der Waals surface area (Å²) < 4.78 is 15.3. The van der Waals surface area contributed by atoms with Crippen LogP contribution in [-0.4, -0.2) is 22.8 Å². The normalized spacial score (nSPS) is 19.0. The molecule has 2 aliphatic rings. The monoisotopic (exact) mass is 498 g/mol. The lowest BCUT2D eigenvalue weighted by atomic mass is 9.78. The first kappa shape index (κ1) is 24.4. The van der Waals surface area contributed by atoms with E-state index >= 15 is 4.39 Å². The molecule has 0 saturated carbocycles. The molecule has 0 spiro atoms. The molecule has 2 N–H and O–H groups in total. The number of carboxylic acid groups (broad SMARTS) is 1. The summed E-state index contributed by atoms with van der Waals surface area (Å²) in [6.45, 7) is 2.01. The number of ketones is 1. The molecular weight excluding hydrogens is 471 g/mol. The standard InChI is InChI=1S/C30H27FN2O4/c1-18-10-12-19(13-11-18)20-16-24-29(26(34)17-20)30(21-6-2-3-7-22(21)31)33(27(35)14-15-28(36)37)25-9-5-4-8-23(25)32-24/h2-13,20,30,32H,14-17H2,1H3,(H,36,37)/t20-,30-/m0/s1.